The average Bonchev–Trinajstić information content (AvgIpc) is 2.35. The highest BCUT2D eigenvalue weighted by molar-refractivity contribution is 5.92. The third-order valence-corrected chi connectivity index (χ3v) is 3.41. The van der Waals surface area contributed by atoms with Gasteiger partial charge in [-0.15, -0.1) is 0 Å². The maximum absolute atomic E-state index is 9.84. The van der Waals surface area contributed by atoms with Crippen LogP contribution in [-0.2, 0) is 20.4 Å². The van der Waals surface area contributed by atoms with E-state index in [9.17, 15) is 14.7 Å². The number of hydrogen-bond acceptors (Lipinski definition) is 3. The zero-order valence-electron chi connectivity index (χ0n) is 15.0. The highest BCUT2D eigenvalue weighted by Crippen LogP contribution is 2.34. The Labute approximate surface area is 138 Å². The number of phenols is 1. The predicted molar refractivity (Wildman–Crippen MR) is 89.9 cm³/mol. The van der Waals surface area contributed by atoms with Gasteiger partial charge in [-0.3, -0.25) is 9.59 Å². The van der Waals surface area contributed by atoms with Crippen LogP contribution < -0.4 is 0 Å². The summed E-state index contributed by atoms with van der Waals surface area (Å²) < 4.78 is 0. The monoisotopic (exact) mass is 324 g/mol. The second-order valence-electron chi connectivity index (χ2n) is 7.63. The second kappa shape index (κ2) is 7.49. The van der Waals surface area contributed by atoms with Crippen LogP contribution in [0.2, 0.25) is 0 Å². The van der Waals surface area contributed by atoms with Crippen LogP contribution in [0, 0.1) is 5.92 Å². The summed E-state index contributed by atoms with van der Waals surface area (Å²) in [5.41, 5.74) is 2.42. The van der Waals surface area contributed by atoms with Crippen LogP contribution in [0.1, 0.15) is 59.6 Å². The first kappa shape index (κ1) is 21.0. The normalized spacial score (nSPS) is 11.7. The fraction of sp³-hybridized carbons (Fsp3) is 0.556. The van der Waals surface area contributed by atoms with Crippen molar-refractivity contribution in [2.24, 2.45) is 5.92 Å². The number of aliphatic carboxylic acids is 2. The van der Waals surface area contributed by atoms with Crippen molar-refractivity contribution in [1.29, 1.82) is 0 Å². The van der Waals surface area contributed by atoms with Gasteiger partial charge in [0, 0.05) is 0 Å². The number of carboxylic acid groups (broad SMARTS) is 2. The predicted octanol–water partition coefficient (Wildman–Crippen LogP) is 3.78. The van der Waals surface area contributed by atoms with Crippen LogP contribution >= 0.6 is 0 Å². The molecule has 1 rings (SSSR count). The van der Waals surface area contributed by atoms with Crippen LogP contribution in [0.15, 0.2) is 18.2 Å². The van der Waals surface area contributed by atoms with Gasteiger partial charge in [0.05, 0.1) is 0 Å². The Morgan fingerprint density at radius 1 is 0.913 bits per heavy atom. The lowest BCUT2D eigenvalue weighted by molar-refractivity contribution is -0.153. The van der Waals surface area contributed by atoms with Crippen LogP contribution in [0.25, 0.3) is 0 Å². The van der Waals surface area contributed by atoms with E-state index in [4.69, 9.17) is 10.2 Å². The molecule has 0 amide bonds. The second-order valence-corrected chi connectivity index (χ2v) is 7.63. The third-order valence-electron chi connectivity index (χ3n) is 3.41. The van der Waals surface area contributed by atoms with E-state index >= 15 is 0 Å². The van der Waals surface area contributed by atoms with Crippen molar-refractivity contribution in [3.63, 3.8) is 0 Å². The molecule has 5 nitrogen and oxygen atoms in total. The fourth-order valence-electron chi connectivity index (χ4n) is 1.71. The molecule has 23 heavy (non-hydrogen) atoms. The van der Waals surface area contributed by atoms with E-state index in [2.05, 4.69) is 47.6 Å². The topological polar surface area (TPSA) is 94.8 Å². The smallest absolute Gasteiger partial charge is 0.317 e. The summed E-state index contributed by atoms with van der Waals surface area (Å²) in [6.45, 7) is 14.0. The summed E-state index contributed by atoms with van der Waals surface area (Å²) in [6, 6.07) is 5.93. The molecule has 1 aromatic carbocycles. The Balaban J connectivity index is 0.000000515. The maximum atomic E-state index is 9.84. The van der Waals surface area contributed by atoms with Gasteiger partial charge in [0.15, 0.2) is 5.92 Å². The van der Waals surface area contributed by atoms with Crippen molar-refractivity contribution in [2.45, 2.75) is 59.3 Å². The van der Waals surface area contributed by atoms with E-state index < -0.39 is 17.9 Å². The van der Waals surface area contributed by atoms with Crippen LogP contribution in [0.4, 0.5) is 0 Å². The van der Waals surface area contributed by atoms with Gasteiger partial charge in [-0.25, -0.2) is 0 Å². The Hall–Kier alpha value is -2.04. The molecule has 0 atom stereocenters. The van der Waals surface area contributed by atoms with Crippen molar-refractivity contribution in [2.75, 3.05) is 0 Å². The largest absolute Gasteiger partial charge is 0.508 e. The molecule has 0 aromatic heterocycles. The van der Waals surface area contributed by atoms with Crippen molar-refractivity contribution in [3.8, 4) is 5.75 Å². The molecule has 0 fully saturated rings. The minimum Gasteiger partial charge on any atom is -0.508 e. The van der Waals surface area contributed by atoms with Crippen LogP contribution in [0.5, 0.6) is 5.75 Å². The first-order valence-corrected chi connectivity index (χ1v) is 7.47. The molecule has 0 heterocycles. The van der Waals surface area contributed by atoms with E-state index in [0.717, 1.165) is 12.5 Å². The summed E-state index contributed by atoms with van der Waals surface area (Å²) in [5, 5.41) is 25.8. The number of aromatic hydroxyl groups is 1. The number of carboxylic acids is 2. The summed E-state index contributed by atoms with van der Waals surface area (Å²) in [6.07, 6.45) is 0. The van der Waals surface area contributed by atoms with Gasteiger partial charge < -0.3 is 15.3 Å². The zero-order valence-corrected chi connectivity index (χ0v) is 15.0. The molecular formula is C18H28O5. The van der Waals surface area contributed by atoms with E-state index in [0.29, 0.717) is 5.75 Å². The zero-order chi connectivity index (χ0) is 18.6. The molecule has 130 valence electrons. The van der Waals surface area contributed by atoms with Gasteiger partial charge >= 0.3 is 11.9 Å². The van der Waals surface area contributed by atoms with E-state index in [1.54, 1.807) is 6.07 Å². The number of phenolic OH excluding ortho intramolecular Hbond substituents is 1. The van der Waals surface area contributed by atoms with Gasteiger partial charge in [-0.05, 0) is 34.9 Å². The summed E-state index contributed by atoms with van der Waals surface area (Å²) in [4.78, 5) is 19.5. The minimum atomic E-state index is -1.31. The first-order valence-electron chi connectivity index (χ1n) is 7.47. The number of rotatable bonds is 2. The van der Waals surface area contributed by atoms with Gasteiger partial charge in [0.25, 0.3) is 0 Å². The third kappa shape index (κ3) is 6.72. The molecule has 3 N–H and O–H groups in total. The first-order chi connectivity index (χ1) is 10.2. The Morgan fingerprint density at radius 3 is 1.61 bits per heavy atom. The molecule has 0 bridgehead atoms. The number of benzene rings is 1. The molecule has 1 aromatic rings. The van der Waals surface area contributed by atoms with E-state index in [1.807, 2.05) is 6.07 Å². The Bertz CT molecular complexity index is 548. The standard InChI is InChI=1S/C14H22O.C4H6O4/c1-13(2,3)10-7-8-12(15)11(9-10)14(4,5)6;1-2(3(5)6)4(7)8/h7-9,15H,1-6H3;2H,1H3,(H,5,6)(H,7,8). The lowest BCUT2D eigenvalue weighted by Gasteiger charge is -2.25. The number of carbonyl (C=O) groups is 2. The van der Waals surface area contributed by atoms with Crippen molar-refractivity contribution >= 4 is 11.9 Å². The molecule has 0 saturated heterocycles. The summed E-state index contributed by atoms with van der Waals surface area (Å²) >= 11 is 0. The van der Waals surface area contributed by atoms with Crippen molar-refractivity contribution < 1.29 is 24.9 Å². The van der Waals surface area contributed by atoms with Crippen molar-refractivity contribution in [1.82, 2.24) is 0 Å². The molecule has 0 spiro atoms. The SMILES string of the molecule is CC(C(=O)O)C(=O)O.CC(C)(C)c1ccc(O)c(C(C)(C)C)c1. The molecule has 0 aliphatic carbocycles. The fourth-order valence-corrected chi connectivity index (χ4v) is 1.71. The molecule has 0 unspecified atom stereocenters. The van der Waals surface area contributed by atoms with Crippen molar-refractivity contribution in [3.05, 3.63) is 29.3 Å². The highest BCUT2D eigenvalue weighted by atomic mass is 16.4. The number of hydrogen-bond donors (Lipinski definition) is 3. The molecular weight excluding hydrogens is 296 g/mol. The molecule has 0 aliphatic rings. The average molecular weight is 324 g/mol. The van der Waals surface area contributed by atoms with Gasteiger partial charge in [-0.1, -0.05) is 53.7 Å². The lowest BCUT2D eigenvalue weighted by atomic mass is 9.80. The molecule has 0 aliphatic heterocycles. The molecule has 0 saturated carbocycles. The quantitative estimate of drug-likeness (QED) is 0.720. The van der Waals surface area contributed by atoms with Crippen LogP contribution in [-0.4, -0.2) is 27.3 Å². The van der Waals surface area contributed by atoms with Gasteiger partial charge in [0.2, 0.25) is 0 Å². The minimum absolute atomic E-state index is 0.00859. The van der Waals surface area contributed by atoms with E-state index in [1.165, 1.54) is 5.56 Å². The molecule has 5 heteroatoms. The van der Waals surface area contributed by atoms with Gasteiger partial charge in [0.1, 0.15) is 5.75 Å². The van der Waals surface area contributed by atoms with Gasteiger partial charge in [-0.2, -0.15) is 0 Å². The molecule has 0 radical (unpaired) electrons. The van der Waals surface area contributed by atoms with Crippen LogP contribution in [0.3, 0.4) is 0 Å². The van der Waals surface area contributed by atoms with E-state index in [-0.39, 0.29) is 10.8 Å². The maximum Gasteiger partial charge on any atom is 0.317 e. The summed E-state index contributed by atoms with van der Waals surface area (Å²) in [5.74, 6) is -3.51. The lowest BCUT2D eigenvalue weighted by Crippen LogP contribution is -2.19. The Morgan fingerprint density at radius 2 is 1.35 bits per heavy atom. The summed E-state index contributed by atoms with van der Waals surface area (Å²) in [7, 11) is 0. The Kier molecular flexibility index (Phi) is 6.82. The highest BCUT2D eigenvalue weighted by Gasteiger charge is 2.21.